The predicted octanol–water partition coefficient (Wildman–Crippen LogP) is 3.66. The minimum absolute atomic E-state index is 0.261. The summed E-state index contributed by atoms with van der Waals surface area (Å²) in [5, 5.41) is 12.3. The smallest absolute Gasteiger partial charge is 0.407 e. The number of hydrogen-bond acceptors (Lipinski definition) is 4. The van der Waals surface area contributed by atoms with Crippen LogP contribution in [-0.2, 0) is 28.8 Å². The Morgan fingerprint density at radius 3 is 2.80 bits per heavy atom. The van der Waals surface area contributed by atoms with Gasteiger partial charge in [0.1, 0.15) is 11.4 Å². The highest BCUT2D eigenvalue weighted by atomic mass is 19.1. The first kappa shape index (κ1) is 21.8. The second-order valence-corrected chi connectivity index (χ2v) is 8.59. The van der Waals surface area contributed by atoms with Crippen molar-refractivity contribution in [3.63, 3.8) is 0 Å². The van der Waals surface area contributed by atoms with Crippen LogP contribution in [0.3, 0.4) is 0 Å². The van der Waals surface area contributed by atoms with Gasteiger partial charge in [-0.2, -0.15) is 0 Å². The minimum Gasteiger partial charge on any atom is -0.481 e. The van der Waals surface area contributed by atoms with Crippen LogP contribution in [0.25, 0.3) is 5.69 Å². The number of fused-ring (bicyclic) bond motifs is 3. The van der Waals surface area contributed by atoms with Crippen LogP contribution in [0.1, 0.15) is 50.6 Å². The highest BCUT2D eigenvalue weighted by Gasteiger charge is 2.25. The summed E-state index contributed by atoms with van der Waals surface area (Å²) in [6, 6.07) is 4.69. The normalized spacial score (nSPS) is 13.9. The molecule has 1 aromatic carbocycles. The maximum Gasteiger partial charge on any atom is 0.407 e. The zero-order chi connectivity index (χ0) is 21.9. The molecular formula is C22H28FN3O4. The molecule has 3 rings (SSSR count). The third-order valence-electron chi connectivity index (χ3n) is 5.07. The number of ether oxygens (including phenoxy) is 1. The molecule has 0 spiro atoms. The molecule has 0 aliphatic carbocycles. The largest absolute Gasteiger partial charge is 0.481 e. The minimum atomic E-state index is -0.882. The van der Waals surface area contributed by atoms with E-state index >= 15 is 0 Å². The van der Waals surface area contributed by atoms with E-state index in [0.717, 1.165) is 22.6 Å². The molecular weight excluding hydrogens is 389 g/mol. The Labute approximate surface area is 175 Å². The number of carboxylic acid groups (broad SMARTS) is 1. The second kappa shape index (κ2) is 8.85. The Kier molecular flexibility index (Phi) is 6.43. The zero-order valence-corrected chi connectivity index (χ0v) is 17.6. The van der Waals surface area contributed by atoms with Gasteiger partial charge in [-0.1, -0.05) is 0 Å². The summed E-state index contributed by atoms with van der Waals surface area (Å²) in [7, 11) is 0. The van der Waals surface area contributed by atoms with Crippen molar-refractivity contribution in [2.75, 3.05) is 6.54 Å². The molecule has 1 aliphatic rings. The van der Waals surface area contributed by atoms with E-state index in [1.165, 1.54) is 12.1 Å². The Morgan fingerprint density at radius 1 is 1.33 bits per heavy atom. The van der Waals surface area contributed by atoms with Crippen LogP contribution >= 0.6 is 0 Å². The van der Waals surface area contributed by atoms with Crippen LogP contribution < -0.4 is 5.32 Å². The van der Waals surface area contributed by atoms with E-state index < -0.39 is 23.6 Å². The van der Waals surface area contributed by atoms with Gasteiger partial charge in [0.15, 0.2) is 0 Å². The summed E-state index contributed by atoms with van der Waals surface area (Å²) < 4.78 is 20.6. The molecule has 2 N–H and O–H groups in total. The summed E-state index contributed by atoms with van der Waals surface area (Å²) in [5.41, 5.74) is 2.99. The van der Waals surface area contributed by atoms with E-state index in [9.17, 15) is 19.1 Å². The molecule has 1 amide bonds. The number of nitrogens with one attached hydrogen (secondary N) is 1. The quantitative estimate of drug-likeness (QED) is 0.671. The molecule has 8 heteroatoms. The molecule has 1 aliphatic heterocycles. The van der Waals surface area contributed by atoms with Gasteiger partial charge in [0, 0.05) is 18.7 Å². The van der Waals surface area contributed by atoms with E-state index in [-0.39, 0.29) is 5.82 Å². The number of carbonyl (C=O) groups is 2. The fourth-order valence-corrected chi connectivity index (χ4v) is 3.70. The Morgan fingerprint density at radius 2 is 2.10 bits per heavy atom. The van der Waals surface area contributed by atoms with Gasteiger partial charge in [-0.05, 0) is 70.2 Å². The molecule has 1 unspecified atom stereocenters. The molecule has 162 valence electrons. The zero-order valence-electron chi connectivity index (χ0n) is 17.6. The molecule has 7 nitrogen and oxygen atoms in total. The maximum atomic E-state index is 13.5. The third kappa shape index (κ3) is 5.37. The van der Waals surface area contributed by atoms with E-state index in [0.29, 0.717) is 38.6 Å². The van der Waals surface area contributed by atoms with E-state index in [2.05, 4.69) is 10.3 Å². The molecule has 30 heavy (non-hydrogen) atoms. The standard InChI is InChI=1S/C22H28FN3O4/c1-22(2,3)30-21(29)24-10-4-5-15(20(27)28)12-17-19-8-6-14-11-16(23)7-9-18(14)26(19)13-25-17/h7,9,11,13,15H,4-6,8,10,12H2,1-3H3,(H,24,29)(H,27,28). The lowest BCUT2D eigenvalue weighted by Crippen LogP contribution is -2.33. The lowest BCUT2D eigenvalue weighted by Gasteiger charge is -2.21. The highest BCUT2D eigenvalue weighted by Crippen LogP contribution is 2.28. The number of aliphatic carboxylic acids is 1. The number of aryl methyl sites for hydroxylation is 1. The summed E-state index contributed by atoms with van der Waals surface area (Å²) in [6.45, 7) is 5.70. The van der Waals surface area contributed by atoms with Crippen LogP contribution in [0.4, 0.5) is 9.18 Å². The van der Waals surface area contributed by atoms with Crippen LogP contribution in [0, 0.1) is 11.7 Å². The van der Waals surface area contributed by atoms with Crippen LogP contribution in [0.15, 0.2) is 24.5 Å². The van der Waals surface area contributed by atoms with Crippen molar-refractivity contribution >= 4 is 12.1 Å². The second-order valence-electron chi connectivity index (χ2n) is 8.59. The van der Waals surface area contributed by atoms with Gasteiger partial charge in [-0.25, -0.2) is 14.2 Å². The van der Waals surface area contributed by atoms with Gasteiger partial charge in [0.25, 0.3) is 0 Å². The number of carboxylic acids is 1. The van der Waals surface area contributed by atoms with Gasteiger partial charge in [0.05, 0.1) is 23.6 Å². The molecule has 0 bridgehead atoms. The number of rotatable bonds is 7. The van der Waals surface area contributed by atoms with Crippen molar-refractivity contribution in [3.05, 3.63) is 47.3 Å². The SMILES string of the molecule is CC(C)(C)OC(=O)NCCCC(Cc1ncn2c1CCc1cc(F)ccc1-2)C(=O)O. The topological polar surface area (TPSA) is 93.5 Å². The van der Waals surface area contributed by atoms with Crippen molar-refractivity contribution < 1.29 is 23.8 Å². The fraction of sp³-hybridized carbons (Fsp3) is 0.500. The van der Waals surface area contributed by atoms with Gasteiger partial charge < -0.3 is 19.7 Å². The molecule has 2 heterocycles. The first-order valence-corrected chi connectivity index (χ1v) is 10.2. The number of amides is 1. The van der Waals surface area contributed by atoms with Gasteiger partial charge >= 0.3 is 12.1 Å². The number of hydrogen-bond donors (Lipinski definition) is 2. The van der Waals surface area contributed by atoms with Crippen LogP contribution in [0.2, 0.25) is 0 Å². The molecule has 2 aromatic rings. The van der Waals surface area contributed by atoms with Crippen molar-refractivity contribution in [1.82, 2.24) is 14.9 Å². The maximum absolute atomic E-state index is 13.5. The summed E-state index contributed by atoms with van der Waals surface area (Å²) in [6.07, 6.45) is 3.83. The molecule has 1 aromatic heterocycles. The lowest BCUT2D eigenvalue weighted by molar-refractivity contribution is -0.142. The van der Waals surface area contributed by atoms with E-state index in [4.69, 9.17) is 4.74 Å². The molecule has 0 saturated carbocycles. The number of benzene rings is 1. The van der Waals surface area contributed by atoms with Crippen molar-refractivity contribution in [2.24, 2.45) is 5.92 Å². The molecule has 0 radical (unpaired) electrons. The summed E-state index contributed by atoms with van der Waals surface area (Å²) >= 11 is 0. The Balaban J connectivity index is 1.60. The van der Waals surface area contributed by atoms with Crippen LogP contribution in [0.5, 0.6) is 0 Å². The van der Waals surface area contributed by atoms with Gasteiger partial charge in [-0.15, -0.1) is 0 Å². The van der Waals surface area contributed by atoms with Crippen LogP contribution in [-0.4, -0.2) is 38.9 Å². The van der Waals surface area contributed by atoms with Gasteiger partial charge in [0.2, 0.25) is 0 Å². The summed E-state index contributed by atoms with van der Waals surface area (Å²) in [5.74, 6) is -1.74. The summed E-state index contributed by atoms with van der Waals surface area (Å²) in [4.78, 5) is 27.9. The first-order chi connectivity index (χ1) is 14.1. The predicted molar refractivity (Wildman–Crippen MR) is 109 cm³/mol. The monoisotopic (exact) mass is 417 g/mol. The van der Waals surface area contributed by atoms with Crippen molar-refractivity contribution in [3.8, 4) is 5.69 Å². The first-order valence-electron chi connectivity index (χ1n) is 10.2. The molecule has 1 atom stereocenters. The molecule has 0 saturated heterocycles. The molecule has 0 fully saturated rings. The van der Waals surface area contributed by atoms with E-state index in [1.54, 1.807) is 33.2 Å². The van der Waals surface area contributed by atoms with Gasteiger partial charge in [-0.3, -0.25) is 4.79 Å². The lowest BCUT2D eigenvalue weighted by atomic mass is 9.94. The number of imidazole rings is 1. The average Bonchev–Trinajstić information content (AvgIpc) is 3.05. The van der Waals surface area contributed by atoms with E-state index in [1.807, 2.05) is 4.57 Å². The number of alkyl carbamates (subject to hydrolysis) is 1. The third-order valence-corrected chi connectivity index (χ3v) is 5.07. The Bertz CT molecular complexity index is 933. The fourth-order valence-electron chi connectivity index (χ4n) is 3.70. The number of aromatic nitrogens is 2. The number of nitrogens with zero attached hydrogens (tertiary/aromatic N) is 2. The Hall–Kier alpha value is -2.90. The highest BCUT2D eigenvalue weighted by molar-refractivity contribution is 5.70. The van der Waals surface area contributed by atoms with Crippen molar-refractivity contribution in [2.45, 2.75) is 58.5 Å². The average molecular weight is 417 g/mol. The number of halogens is 1. The number of carbonyl (C=O) groups excluding carboxylic acids is 1. The van der Waals surface area contributed by atoms with Crippen molar-refractivity contribution in [1.29, 1.82) is 0 Å².